The summed E-state index contributed by atoms with van der Waals surface area (Å²) in [5.74, 6) is 0.659. The van der Waals surface area contributed by atoms with Crippen LogP contribution < -0.4 is 10.6 Å². The van der Waals surface area contributed by atoms with E-state index in [1.54, 1.807) is 6.26 Å². The van der Waals surface area contributed by atoms with Gasteiger partial charge in [-0.05, 0) is 19.8 Å². The maximum absolute atomic E-state index is 11.8. The SMILES string of the molecule is CC(CS(C)=O)NCC(=O)NC1CCCCCC1. The van der Waals surface area contributed by atoms with Crippen LogP contribution in [-0.2, 0) is 15.6 Å². The van der Waals surface area contributed by atoms with E-state index in [9.17, 15) is 9.00 Å². The van der Waals surface area contributed by atoms with Crippen LogP contribution in [0.2, 0.25) is 0 Å². The Morgan fingerprint density at radius 2 is 1.89 bits per heavy atom. The largest absolute Gasteiger partial charge is 0.352 e. The van der Waals surface area contributed by atoms with Crippen molar-refractivity contribution in [2.45, 2.75) is 57.5 Å². The van der Waals surface area contributed by atoms with Crippen LogP contribution in [0.4, 0.5) is 0 Å². The Morgan fingerprint density at radius 1 is 1.28 bits per heavy atom. The maximum atomic E-state index is 11.8. The lowest BCUT2D eigenvalue weighted by Gasteiger charge is -2.17. The second-order valence-corrected chi connectivity index (χ2v) is 6.76. The number of carbonyl (C=O) groups excluding carboxylic acids is 1. The molecule has 0 radical (unpaired) electrons. The Hall–Kier alpha value is -0.420. The lowest BCUT2D eigenvalue weighted by molar-refractivity contribution is -0.121. The van der Waals surface area contributed by atoms with Gasteiger partial charge in [0.15, 0.2) is 0 Å². The molecule has 1 aliphatic rings. The minimum atomic E-state index is -0.813. The standard InChI is InChI=1S/C13H26N2O2S/c1-11(10-18(2)17)14-9-13(16)15-12-7-5-3-4-6-8-12/h11-12,14H,3-10H2,1-2H3,(H,15,16). The summed E-state index contributed by atoms with van der Waals surface area (Å²) in [7, 11) is -0.813. The van der Waals surface area contributed by atoms with E-state index in [4.69, 9.17) is 0 Å². The first-order chi connectivity index (χ1) is 8.58. The van der Waals surface area contributed by atoms with Crippen LogP contribution in [0, 0.1) is 0 Å². The van der Waals surface area contributed by atoms with Gasteiger partial charge in [-0.1, -0.05) is 25.7 Å². The zero-order chi connectivity index (χ0) is 13.4. The van der Waals surface area contributed by atoms with Gasteiger partial charge in [0.2, 0.25) is 5.91 Å². The second-order valence-electron chi connectivity index (χ2n) is 5.28. The molecule has 0 spiro atoms. The molecule has 1 aliphatic carbocycles. The molecule has 106 valence electrons. The van der Waals surface area contributed by atoms with Gasteiger partial charge in [-0.2, -0.15) is 0 Å². The van der Waals surface area contributed by atoms with Crippen molar-refractivity contribution >= 4 is 16.7 Å². The first-order valence-electron chi connectivity index (χ1n) is 6.90. The summed E-state index contributed by atoms with van der Waals surface area (Å²) >= 11 is 0. The average Bonchev–Trinajstić information content (AvgIpc) is 2.54. The summed E-state index contributed by atoms with van der Waals surface area (Å²) < 4.78 is 11.0. The van der Waals surface area contributed by atoms with Crippen LogP contribution in [0.3, 0.4) is 0 Å². The van der Waals surface area contributed by atoms with E-state index in [2.05, 4.69) is 10.6 Å². The van der Waals surface area contributed by atoms with Gasteiger partial charge in [0.25, 0.3) is 0 Å². The molecule has 0 aromatic heterocycles. The van der Waals surface area contributed by atoms with E-state index in [0.29, 0.717) is 18.3 Å². The predicted molar refractivity (Wildman–Crippen MR) is 76.0 cm³/mol. The Morgan fingerprint density at radius 3 is 2.44 bits per heavy atom. The number of rotatable bonds is 6. The Balaban J connectivity index is 2.17. The van der Waals surface area contributed by atoms with Gasteiger partial charge in [-0.15, -0.1) is 0 Å². The zero-order valence-electron chi connectivity index (χ0n) is 11.5. The van der Waals surface area contributed by atoms with Crippen molar-refractivity contribution in [3.63, 3.8) is 0 Å². The summed E-state index contributed by atoms with van der Waals surface area (Å²) in [6.45, 7) is 2.29. The van der Waals surface area contributed by atoms with Gasteiger partial charge < -0.3 is 10.6 Å². The van der Waals surface area contributed by atoms with Crippen molar-refractivity contribution in [2.75, 3.05) is 18.6 Å². The van der Waals surface area contributed by atoms with Crippen molar-refractivity contribution in [1.29, 1.82) is 0 Å². The highest BCUT2D eigenvalue weighted by Gasteiger charge is 2.15. The third kappa shape index (κ3) is 7.11. The zero-order valence-corrected chi connectivity index (χ0v) is 12.4. The maximum Gasteiger partial charge on any atom is 0.234 e. The van der Waals surface area contributed by atoms with Crippen molar-refractivity contribution in [3.8, 4) is 0 Å². The molecule has 4 nitrogen and oxygen atoms in total. The molecule has 1 amide bonds. The number of hydrogen-bond donors (Lipinski definition) is 2. The quantitative estimate of drug-likeness (QED) is 0.715. The molecule has 0 aromatic carbocycles. The van der Waals surface area contributed by atoms with E-state index in [1.807, 2.05) is 6.92 Å². The number of amides is 1. The molecular formula is C13H26N2O2S. The molecule has 2 unspecified atom stereocenters. The fraction of sp³-hybridized carbons (Fsp3) is 0.923. The summed E-state index contributed by atoms with van der Waals surface area (Å²) in [5.41, 5.74) is 0. The monoisotopic (exact) mass is 274 g/mol. The molecule has 1 fully saturated rings. The van der Waals surface area contributed by atoms with Crippen LogP contribution in [0.25, 0.3) is 0 Å². The molecule has 0 heterocycles. The fourth-order valence-electron chi connectivity index (χ4n) is 2.38. The minimum Gasteiger partial charge on any atom is -0.352 e. The molecule has 1 saturated carbocycles. The minimum absolute atomic E-state index is 0.0654. The number of carbonyl (C=O) groups is 1. The summed E-state index contributed by atoms with van der Waals surface area (Å²) in [6, 6.07) is 0.480. The van der Waals surface area contributed by atoms with Gasteiger partial charge >= 0.3 is 0 Å². The fourth-order valence-corrected chi connectivity index (χ4v) is 3.20. The van der Waals surface area contributed by atoms with Crippen LogP contribution >= 0.6 is 0 Å². The van der Waals surface area contributed by atoms with Crippen LogP contribution in [-0.4, -0.2) is 40.8 Å². The molecule has 0 aromatic rings. The van der Waals surface area contributed by atoms with E-state index < -0.39 is 10.8 Å². The molecular weight excluding hydrogens is 248 g/mol. The molecule has 2 N–H and O–H groups in total. The van der Waals surface area contributed by atoms with Crippen molar-refractivity contribution in [3.05, 3.63) is 0 Å². The van der Waals surface area contributed by atoms with Crippen LogP contribution in [0.15, 0.2) is 0 Å². The van der Waals surface area contributed by atoms with Crippen molar-refractivity contribution in [1.82, 2.24) is 10.6 Å². The molecule has 0 saturated heterocycles. The van der Waals surface area contributed by atoms with Gasteiger partial charge in [0, 0.05) is 34.9 Å². The first-order valence-corrected chi connectivity index (χ1v) is 8.63. The Kier molecular flexibility index (Phi) is 7.51. The number of nitrogens with one attached hydrogen (secondary N) is 2. The van der Waals surface area contributed by atoms with E-state index >= 15 is 0 Å². The van der Waals surface area contributed by atoms with E-state index in [-0.39, 0.29) is 11.9 Å². The first kappa shape index (κ1) is 15.6. The Labute approximate surface area is 113 Å². The average molecular weight is 274 g/mol. The third-order valence-electron chi connectivity index (χ3n) is 3.32. The number of hydrogen-bond acceptors (Lipinski definition) is 3. The normalized spacial score (nSPS) is 21.0. The predicted octanol–water partition coefficient (Wildman–Crippen LogP) is 1.18. The molecule has 0 bridgehead atoms. The van der Waals surface area contributed by atoms with Gasteiger partial charge in [0.1, 0.15) is 0 Å². The summed E-state index contributed by atoms with van der Waals surface area (Å²) in [6.07, 6.45) is 8.95. The summed E-state index contributed by atoms with van der Waals surface area (Å²) in [4.78, 5) is 11.8. The summed E-state index contributed by atoms with van der Waals surface area (Å²) in [5, 5.41) is 6.20. The third-order valence-corrected chi connectivity index (χ3v) is 4.29. The van der Waals surface area contributed by atoms with Crippen molar-refractivity contribution < 1.29 is 9.00 Å². The highest BCUT2D eigenvalue weighted by atomic mass is 32.2. The van der Waals surface area contributed by atoms with Gasteiger partial charge in [-0.25, -0.2) is 0 Å². The molecule has 2 atom stereocenters. The van der Waals surface area contributed by atoms with E-state index in [1.165, 1.54) is 25.7 Å². The molecule has 5 heteroatoms. The van der Waals surface area contributed by atoms with Crippen molar-refractivity contribution in [2.24, 2.45) is 0 Å². The second kappa shape index (κ2) is 8.64. The molecule has 1 rings (SSSR count). The smallest absolute Gasteiger partial charge is 0.234 e. The Bertz CT molecular complexity index is 276. The van der Waals surface area contributed by atoms with Crippen LogP contribution in [0.5, 0.6) is 0 Å². The molecule has 0 aliphatic heterocycles. The lowest BCUT2D eigenvalue weighted by Crippen LogP contribution is -2.43. The van der Waals surface area contributed by atoms with E-state index in [0.717, 1.165) is 12.8 Å². The highest BCUT2D eigenvalue weighted by molar-refractivity contribution is 7.84. The van der Waals surface area contributed by atoms with Gasteiger partial charge in [0.05, 0.1) is 6.54 Å². The van der Waals surface area contributed by atoms with Crippen LogP contribution in [0.1, 0.15) is 45.4 Å². The highest BCUT2D eigenvalue weighted by Crippen LogP contribution is 2.16. The lowest BCUT2D eigenvalue weighted by atomic mass is 10.1. The topological polar surface area (TPSA) is 58.2 Å². The molecule has 18 heavy (non-hydrogen) atoms. The van der Waals surface area contributed by atoms with Gasteiger partial charge in [-0.3, -0.25) is 9.00 Å².